The fourth-order valence-electron chi connectivity index (χ4n) is 4.35. The molecule has 1 N–H and O–H groups in total. The predicted molar refractivity (Wildman–Crippen MR) is 121 cm³/mol. The van der Waals surface area contributed by atoms with E-state index < -0.39 is 0 Å². The molecule has 5 nitrogen and oxygen atoms in total. The summed E-state index contributed by atoms with van der Waals surface area (Å²) in [4.78, 5) is 9.59. The number of hydrogen-bond acceptors (Lipinski definition) is 3. The van der Waals surface area contributed by atoms with Gasteiger partial charge in [0.2, 0.25) is 0 Å². The molecule has 2 heterocycles. The van der Waals surface area contributed by atoms with Gasteiger partial charge in [-0.25, -0.2) is 0 Å². The molecule has 1 aliphatic carbocycles. The molecule has 4 rings (SSSR count). The van der Waals surface area contributed by atoms with Crippen molar-refractivity contribution >= 4 is 29.9 Å². The summed E-state index contributed by atoms with van der Waals surface area (Å²) in [6.45, 7) is 8.24. The third kappa shape index (κ3) is 5.15. The van der Waals surface area contributed by atoms with E-state index in [2.05, 4.69) is 51.3 Å². The fraction of sp³-hybridized carbons (Fsp3) is 0.667. The Hall–Kier alpha value is -0.860. The van der Waals surface area contributed by atoms with E-state index >= 15 is 0 Å². The van der Waals surface area contributed by atoms with Gasteiger partial charge in [0.15, 0.2) is 5.96 Å². The summed E-state index contributed by atoms with van der Waals surface area (Å²) in [5.41, 5.74) is 2.59. The maximum atomic E-state index is 6.06. The Labute approximate surface area is 180 Å². The fourth-order valence-corrected chi connectivity index (χ4v) is 4.35. The van der Waals surface area contributed by atoms with Crippen LogP contribution in [-0.2, 0) is 4.74 Å². The number of rotatable bonds is 4. The van der Waals surface area contributed by atoms with Gasteiger partial charge in [0.1, 0.15) is 6.10 Å². The Morgan fingerprint density at radius 2 is 2.00 bits per heavy atom. The number of halogens is 1. The van der Waals surface area contributed by atoms with Gasteiger partial charge in [-0.2, -0.15) is 0 Å². The first-order valence-electron chi connectivity index (χ1n) is 10.1. The Bertz CT molecular complexity index is 649. The van der Waals surface area contributed by atoms with Gasteiger partial charge in [-0.05, 0) is 49.8 Å². The molecule has 6 heteroatoms. The summed E-state index contributed by atoms with van der Waals surface area (Å²) in [6.07, 6.45) is 4.27. The minimum Gasteiger partial charge on any atom is -0.370 e. The molecular weight excluding hydrogens is 451 g/mol. The third-order valence-electron chi connectivity index (χ3n) is 6.04. The third-order valence-corrected chi connectivity index (χ3v) is 6.04. The second kappa shape index (κ2) is 9.56. The highest BCUT2D eigenvalue weighted by Gasteiger charge is 2.34. The topological polar surface area (TPSA) is 40.1 Å². The SMILES string of the molecule is CN=C(NCC1CCN(C2CC2)C1)N1CCOC(c2ccccc2C)C1.I. The van der Waals surface area contributed by atoms with Gasteiger partial charge in [-0.15, -0.1) is 24.0 Å². The highest BCUT2D eigenvalue weighted by Crippen LogP contribution is 2.31. The van der Waals surface area contributed by atoms with Crippen LogP contribution >= 0.6 is 24.0 Å². The standard InChI is InChI=1S/C21H32N4O.HI/c1-16-5-3-4-6-19(16)20-15-25(11-12-26-20)21(22-2)23-13-17-9-10-24(14-17)18-7-8-18;/h3-6,17-18,20H,7-15H2,1-2H3,(H,22,23);1H. The summed E-state index contributed by atoms with van der Waals surface area (Å²) >= 11 is 0. The lowest BCUT2D eigenvalue weighted by atomic mass is 10.0. The molecule has 27 heavy (non-hydrogen) atoms. The van der Waals surface area contributed by atoms with Gasteiger partial charge >= 0.3 is 0 Å². The van der Waals surface area contributed by atoms with Crippen molar-refractivity contribution in [3.63, 3.8) is 0 Å². The van der Waals surface area contributed by atoms with Gasteiger partial charge in [-0.3, -0.25) is 4.99 Å². The minimum absolute atomic E-state index is 0. The van der Waals surface area contributed by atoms with Gasteiger partial charge in [0, 0.05) is 32.7 Å². The average Bonchev–Trinajstić information content (AvgIpc) is 3.41. The molecule has 0 spiro atoms. The molecule has 2 atom stereocenters. The molecule has 0 aromatic heterocycles. The highest BCUT2D eigenvalue weighted by atomic mass is 127. The van der Waals surface area contributed by atoms with E-state index in [0.717, 1.165) is 44.2 Å². The molecule has 0 amide bonds. The van der Waals surface area contributed by atoms with Crippen LogP contribution in [0.4, 0.5) is 0 Å². The zero-order chi connectivity index (χ0) is 17.9. The van der Waals surface area contributed by atoms with Crippen LogP contribution in [0.3, 0.4) is 0 Å². The van der Waals surface area contributed by atoms with Crippen LogP contribution in [0.25, 0.3) is 0 Å². The summed E-state index contributed by atoms with van der Waals surface area (Å²) in [7, 11) is 1.89. The maximum Gasteiger partial charge on any atom is 0.193 e. The van der Waals surface area contributed by atoms with E-state index in [1.54, 1.807) is 0 Å². The first-order valence-corrected chi connectivity index (χ1v) is 10.1. The lowest BCUT2D eigenvalue weighted by Crippen LogP contribution is -2.49. The van der Waals surface area contributed by atoms with Crippen molar-refractivity contribution in [2.24, 2.45) is 10.9 Å². The normalized spacial score (nSPS) is 26.7. The van der Waals surface area contributed by atoms with Gasteiger partial charge in [0.25, 0.3) is 0 Å². The second-order valence-corrected chi connectivity index (χ2v) is 7.97. The van der Waals surface area contributed by atoms with Gasteiger partial charge in [-0.1, -0.05) is 24.3 Å². The molecular formula is C21H33IN4O. The lowest BCUT2D eigenvalue weighted by Gasteiger charge is -2.36. The van der Waals surface area contributed by atoms with E-state index in [0.29, 0.717) is 0 Å². The molecule has 2 unspecified atom stereocenters. The molecule has 0 bridgehead atoms. The van der Waals surface area contributed by atoms with Gasteiger partial charge < -0.3 is 19.9 Å². The number of benzene rings is 1. The quantitative estimate of drug-likeness (QED) is 0.405. The molecule has 1 saturated carbocycles. The van der Waals surface area contributed by atoms with Crippen LogP contribution in [-0.4, -0.2) is 68.2 Å². The number of likely N-dealkylation sites (tertiary alicyclic amines) is 1. The predicted octanol–water partition coefficient (Wildman–Crippen LogP) is 3.05. The number of aliphatic imine (C=N–C) groups is 1. The minimum atomic E-state index is 0. The van der Waals surface area contributed by atoms with Crippen LogP contribution in [0.15, 0.2) is 29.3 Å². The van der Waals surface area contributed by atoms with E-state index in [9.17, 15) is 0 Å². The summed E-state index contributed by atoms with van der Waals surface area (Å²) < 4.78 is 6.06. The smallest absolute Gasteiger partial charge is 0.193 e. The molecule has 2 saturated heterocycles. The number of guanidine groups is 1. The van der Waals surface area contributed by atoms with Crippen molar-refractivity contribution in [3.05, 3.63) is 35.4 Å². The monoisotopic (exact) mass is 484 g/mol. The Kier molecular flexibility index (Phi) is 7.39. The molecule has 3 fully saturated rings. The molecule has 1 aromatic carbocycles. The van der Waals surface area contributed by atoms with Crippen molar-refractivity contribution in [1.82, 2.24) is 15.1 Å². The average molecular weight is 484 g/mol. The number of aryl methyl sites for hydroxylation is 1. The van der Waals surface area contributed by atoms with Crippen molar-refractivity contribution in [2.75, 3.05) is 46.4 Å². The molecule has 1 aromatic rings. The lowest BCUT2D eigenvalue weighted by molar-refractivity contribution is -0.00836. The number of nitrogens with zero attached hydrogens (tertiary/aromatic N) is 3. The summed E-state index contributed by atoms with van der Waals surface area (Å²) in [5.74, 6) is 1.78. The zero-order valence-corrected chi connectivity index (χ0v) is 18.9. The number of nitrogens with one attached hydrogen (secondary N) is 1. The summed E-state index contributed by atoms with van der Waals surface area (Å²) in [6, 6.07) is 9.44. The summed E-state index contributed by atoms with van der Waals surface area (Å²) in [5, 5.41) is 3.64. The first kappa shape index (κ1) is 20.9. The molecule has 150 valence electrons. The maximum absolute atomic E-state index is 6.06. The Morgan fingerprint density at radius 1 is 1.19 bits per heavy atom. The van der Waals surface area contributed by atoms with Crippen molar-refractivity contribution < 1.29 is 4.74 Å². The van der Waals surface area contributed by atoms with Crippen molar-refractivity contribution in [3.8, 4) is 0 Å². The Balaban J connectivity index is 0.00000210. The van der Waals surface area contributed by atoms with Crippen molar-refractivity contribution in [2.45, 2.75) is 38.3 Å². The van der Waals surface area contributed by atoms with Crippen molar-refractivity contribution in [1.29, 1.82) is 0 Å². The molecule has 2 aliphatic heterocycles. The Morgan fingerprint density at radius 3 is 2.74 bits per heavy atom. The number of hydrogen-bond donors (Lipinski definition) is 1. The highest BCUT2D eigenvalue weighted by molar-refractivity contribution is 14.0. The molecule has 0 radical (unpaired) electrons. The molecule has 3 aliphatic rings. The van der Waals surface area contributed by atoms with E-state index in [1.807, 2.05) is 7.05 Å². The van der Waals surface area contributed by atoms with Crippen LogP contribution in [0.5, 0.6) is 0 Å². The zero-order valence-electron chi connectivity index (χ0n) is 16.6. The van der Waals surface area contributed by atoms with E-state index in [4.69, 9.17) is 4.74 Å². The van der Waals surface area contributed by atoms with Crippen LogP contribution < -0.4 is 5.32 Å². The van der Waals surface area contributed by atoms with Crippen LogP contribution in [0, 0.1) is 12.8 Å². The van der Waals surface area contributed by atoms with Crippen LogP contribution in [0.1, 0.15) is 36.5 Å². The van der Waals surface area contributed by atoms with Crippen LogP contribution in [0.2, 0.25) is 0 Å². The van der Waals surface area contributed by atoms with E-state index in [-0.39, 0.29) is 30.1 Å². The largest absolute Gasteiger partial charge is 0.370 e. The second-order valence-electron chi connectivity index (χ2n) is 7.97. The van der Waals surface area contributed by atoms with Gasteiger partial charge in [0.05, 0.1) is 13.2 Å². The first-order chi connectivity index (χ1) is 12.7. The van der Waals surface area contributed by atoms with E-state index in [1.165, 1.54) is 43.5 Å². The number of morpholine rings is 1. The number of ether oxygens (including phenoxy) is 1.